The number of para-hydroxylation sites is 1. The second-order valence-electron chi connectivity index (χ2n) is 6.90. The number of hydrogen-bond donors (Lipinski definition) is 0. The lowest BCUT2D eigenvalue weighted by Gasteiger charge is -2.28. The van der Waals surface area contributed by atoms with Crippen molar-refractivity contribution in [2.75, 3.05) is 13.7 Å². The molecule has 1 amide bonds. The summed E-state index contributed by atoms with van der Waals surface area (Å²) < 4.78 is 7.57. The van der Waals surface area contributed by atoms with Crippen LogP contribution in [0, 0.1) is 0 Å². The first kappa shape index (κ1) is 17.9. The van der Waals surface area contributed by atoms with Crippen molar-refractivity contribution in [1.29, 1.82) is 0 Å². The molecule has 5 heteroatoms. The Morgan fingerprint density at radius 1 is 1.22 bits per heavy atom. The van der Waals surface area contributed by atoms with E-state index in [-0.39, 0.29) is 5.91 Å². The molecular formula is C22H23ClN2O2. The van der Waals surface area contributed by atoms with Gasteiger partial charge < -0.3 is 14.2 Å². The van der Waals surface area contributed by atoms with E-state index in [1.807, 2.05) is 23.1 Å². The van der Waals surface area contributed by atoms with Crippen LogP contribution in [0.5, 0.6) is 5.75 Å². The summed E-state index contributed by atoms with van der Waals surface area (Å²) in [7, 11) is 1.59. The fraction of sp³-hybridized carbons (Fsp3) is 0.318. The lowest BCUT2D eigenvalue weighted by molar-refractivity contribution is -0.131. The second kappa shape index (κ2) is 7.28. The highest BCUT2D eigenvalue weighted by Crippen LogP contribution is 2.31. The van der Waals surface area contributed by atoms with E-state index in [0.717, 1.165) is 25.1 Å². The number of carbonyl (C=O) groups is 1. The van der Waals surface area contributed by atoms with Crippen molar-refractivity contribution >= 4 is 28.4 Å². The lowest BCUT2D eigenvalue weighted by Crippen LogP contribution is -2.37. The van der Waals surface area contributed by atoms with Crippen LogP contribution in [-0.4, -0.2) is 29.0 Å². The Bertz CT molecular complexity index is 1010. The molecule has 0 radical (unpaired) electrons. The van der Waals surface area contributed by atoms with Gasteiger partial charge in [-0.05, 0) is 30.7 Å². The van der Waals surface area contributed by atoms with Crippen LogP contribution in [0.15, 0.2) is 42.5 Å². The molecule has 2 heterocycles. The van der Waals surface area contributed by atoms with E-state index in [1.165, 1.54) is 22.2 Å². The second-order valence-corrected chi connectivity index (χ2v) is 7.30. The van der Waals surface area contributed by atoms with Gasteiger partial charge >= 0.3 is 0 Å². The molecule has 1 aromatic heterocycles. The summed E-state index contributed by atoms with van der Waals surface area (Å²) >= 11 is 6.20. The molecule has 0 fully saturated rings. The van der Waals surface area contributed by atoms with Gasteiger partial charge in [-0.25, -0.2) is 0 Å². The van der Waals surface area contributed by atoms with E-state index in [2.05, 4.69) is 35.8 Å². The van der Waals surface area contributed by atoms with E-state index < -0.39 is 0 Å². The topological polar surface area (TPSA) is 34.5 Å². The number of ether oxygens (including phenoxy) is 1. The van der Waals surface area contributed by atoms with Gasteiger partial charge in [0.15, 0.2) is 0 Å². The summed E-state index contributed by atoms with van der Waals surface area (Å²) in [5, 5.41) is 1.80. The zero-order chi connectivity index (χ0) is 19.0. The van der Waals surface area contributed by atoms with E-state index in [1.54, 1.807) is 7.11 Å². The molecule has 0 aliphatic carbocycles. The monoisotopic (exact) mass is 382 g/mol. The van der Waals surface area contributed by atoms with Gasteiger partial charge in [-0.15, -0.1) is 0 Å². The first-order chi connectivity index (χ1) is 13.1. The van der Waals surface area contributed by atoms with Crippen LogP contribution in [0.25, 0.3) is 10.9 Å². The summed E-state index contributed by atoms with van der Waals surface area (Å²) in [4.78, 5) is 14.9. The van der Waals surface area contributed by atoms with Crippen molar-refractivity contribution in [3.63, 3.8) is 0 Å². The minimum absolute atomic E-state index is 0.134. The highest BCUT2D eigenvalue weighted by Gasteiger charge is 2.26. The third kappa shape index (κ3) is 3.19. The molecule has 1 aliphatic rings. The van der Waals surface area contributed by atoms with Crippen LogP contribution in [0.2, 0.25) is 5.02 Å². The first-order valence-corrected chi connectivity index (χ1v) is 9.69. The third-order valence-corrected chi connectivity index (χ3v) is 5.70. The normalized spacial score (nSPS) is 13.7. The van der Waals surface area contributed by atoms with Gasteiger partial charge in [-0.2, -0.15) is 0 Å². The van der Waals surface area contributed by atoms with Crippen molar-refractivity contribution in [3.05, 3.63) is 64.3 Å². The first-order valence-electron chi connectivity index (χ1n) is 9.31. The van der Waals surface area contributed by atoms with Crippen molar-refractivity contribution in [3.8, 4) is 5.75 Å². The Balaban J connectivity index is 1.57. The summed E-state index contributed by atoms with van der Waals surface area (Å²) in [6.07, 6.45) is 1.25. The number of carbonyl (C=O) groups excluding carboxylic acids is 1. The zero-order valence-electron chi connectivity index (χ0n) is 15.7. The number of hydrogen-bond acceptors (Lipinski definition) is 2. The molecular weight excluding hydrogens is 360 g/mol. The maximum Gasteiger partial charge on any atom is 0.227 e. The van der Waals surface area contributed by atoms with Gasteiger partial charge in [0.05, 0.1) is 18.6 Å². The molecule has 2 aromatic carbocycles. The fourth-order valence-electron chi connectivity index (χ4n) is 4.08. The molecule has 140 valence electrons. The number of amides is 1. The average molecular weight is 383 g/mol. The zero-order valence-corrected chi connectivity index (χ0v) is 16.4. The largest absolute Gasteiger partial charge is 0.495 e. The number of aromatic nitrogens is 1. The van der Waals surface area contributed by atoms with Crippen LogP contribution < -0.4 is 4.74 Å². The SMILES string of the molecule is CCn1c2c(c3ccccc31)CN(C(=O)Cc1ccc(OC)c(Cl)c1)CC2. The number of benzene rings is 2. The summed E-state index contributed by atoms with van der Waals surface area (Å²) in [5.74, 6) is 0.762. The Morgan fingerprint density at radius 2 is 2.04 bits per heavy atom. The minimum atomic E-state index is 0.134. The number of halogens is 1. The summed E-state index contributed by atoms with van der Waals surface area (Å²) in [6.45, 7) is 4.56. The minimum Gasteiger partial charge on any atom is -0.495 e. The van der Waals surface area contributed by atoms with Crippen molar-refractivity contribution in [1.82, 2.24) is 9.47 Å². The highest BCUT2D eigenvalue weighted by atomic mass is 35.5. The average Bonchev–Trinajstić information content (AvgIpc) is 3.01. The smallest absolute Gasteiger partial charge is 0.227 e. The molecule has 4 rings (SSSR count). The molecule has 3 aromatic rings. The van der Waals surface area contributed by atoms with Gasteiger partial charge in [0.1, 0.15) is 5.75 Å². The maximum absolute atomic E-state index is 12.9. The standard InChI is InChI=1S/C22H23ClN2O2/c1-3-25-19-7-5-4-6-16(19)17-14-24(11-10-20(17)25)22(26)13-15-8-9-21(27-2)18(23)12-15/h4-9,12H,3,10-11,13-14H2,1-2H3. The van der Waals surface area contributed by atoms with Crippen LogP contribution in [0.1, 0.15) is 23.7 Å². The quantitative estimate of drug-likeness (QED) is 0.668. The summed E-state index contributed by atoms with van der Waals surface area (Å²) in [5.41, 5.74) is 4.84. The van der Waals surface area contributed by atoms with E-state index in [0.29, 0.717) is 23.7 Å². The maximum atomic E-state index is 12.9. The third-order valence-electron chi connectivity index (χ3n) is 5.40. The molecule has 27 heavy (non-hydrogen) atoms. The fourth-order valence-corrected chi connectivity index (χ4v) is 4.36. The van der Waals surface area contributed by atoms with Gasteiger partial charge in [0.2, 0.25) is 5.91 Å². The molecule has 0 N–H and O–H groups in total. The Morgan fingerprint density at radius 3 is 2.78 bits per heavy atom. The molecule has 0 spiro atoms. The number of methoxy groups -OCH3 is 1. The number of rotatable bonds is 4. The molecule has 0 atom stereocenters. The van der Waals surface area contributed by atoms with Crippen LogP contribution in [-0.2, 0) is 30.7 Å². The van der Waals surface area contributed by atoms with Gasteiger partial charge in [-0.1, -0.05) is 35.9 Å². The van der Waals surface area contributed by atoms with Crippen LogP contribution in [0.3, 0.4) is 0 Å². The van der Waals surface area contributed by atoms with Crippen molar-refractivity contribution < 1.29 is 9.53 Å². The van der Waals surface area contributed by atoms with Gasteiger partial charge in [0.25, 0.3) is 0 Å². The van der Waals surface area contributed by atoms with Gasteiger partial charge in [0, 0.05) is 48.2 Å². The van der Waals surface area contributed by atoms with Crippen molar-refractivity contribution in [2.45, 2.75) is 32.9 Å². The van der Waals surface area contributed by atoms with Gasteiger partial charge in [-0.3, -0.25) is 4.79 Å². The number of aryl methyl sites for hydroxylation is 1. The van der Waals surface area contributed by atoms with E-state index >= 15 is 0 Å². The number of nitrogens with zero attached hydrogens (tertiary/aromatic N) is 2. The Kier molecular flexibility index (Phi) is 4.83. The Labute approximate surface area is 164 Å². The molecule has 1 aliphatic heterocycles. The molecule has 0 saturated heterocycles. The van der Waals surface area contributed by atoms with Crippen LogP contribution in [0.4, 0.5) is 0 Å². The lowest BCUT2D eigenvalue weighted by atomic mass is 10.0. The molecule has 0 bridgehead atoms. The molecule has 4 nitrogen and oxygen atoms in total. The van der Waals surface area contributed by atoms with E-state index in [4.69, 9.17) is 16.3 Å². The predicted molar refractivity (Wildman–Crippen MR) is 108 cm³/mol. The Hall–Kier alpha value is -2.46. The molecule has 0 saturated carbocycles. The van der Waals surface area contributed by atoms with Crippen molar-refractivity contribution in [2.24, 2.45) is 0 Å². The van der Waals surface area contributed by atoms with E-state index in [9.17, 15) is 4.79 Å². The molecule has 0 unspecified atom stereocenters. The van der Waals surface area contributed by atoms with Crippen LogP contribution >= 0.6 is 11.6 Å². The predicted octanol–water partition coefficient (Wildman–Crippen LogP) is 4.45. The summed E-state index contributed by atoms with van der Waals surface area (Å²) in [6, 6.07) is 14.0. The highest BCUT2D eigenvalue weighted by molar-refractivity contribution is 6.32. The number of fused-ring (bicyclic) bond motifs is 3.